The van der Waals surface area contributed by atoms with Gasteiger partial charge in [-0.25, -0.2) is 8.42 Å². The molecule has 3 aromatic carbocycles. The highest BCUT2D eigenvalue weighted by Crippen LogP contribution is 2.36. The molecular weight excluding hydrogens is 577 g/mol. The van der Waals surface area contributed by atoms with Gasteiger partial charge in [0, 0.05) is 34.8 Å². The molecule has 0 saturated carbocycles. The van der Waals surface area contributed by atoms with E-state index in [4.69, 9.17) is 32.7 Å². The van der Waals surface area contributed by atoms with Crippen molar-refractivity contribution in [1.29, 1.82) is 0 Å². The van der Waals surface area contributed by atoms with Crippen LogP contribution in [-0.2, 0) is 26.2 Å². The Hall–Kier alpha value is -3.47. The van der Waals surface area contributed by atoms with Gasteiger partial charge >= 0.3 is 0 Å². The van der Waals surface area contributed by atoms with E-state index in [0.717, 1.165) is 4.31 Å². The van der Waals surface area contributed by atoms with Crippen molar-refractivity contribution in [2.75, 3.05) is 31.6 Å². The minimum Gasteiger partial charge on any atom is -0.497 e. The van der Waals surface area contributed by atoms with Crippen LogP contribution in [-0.4, -0.2) is 58.5 Å². The quantitative estimate of drug-likeness (QED) is 0.318. The summed E-state index contributed by atoms with van der Waals surface area (Å²) < 4.78 is 39.7. The van der Waals surface area contributed by atoms with Gasteiger partial charge in [0.15, 0.2) is 0 Å². The highest BCUT2D eigenvalue weighted by molar-refractivity contribution is 7.92. The van der Waals surface area contributed by atoms with Gasteiger partial charge < -0.3 is 19.7 Å². The fraction of sp³-hybridized carbons (Fsp3) is 0.286. The van der Waals surface area contributed by atoms with E-state index in [1.807, 2.05) is 0 Å². The second-order valence-corrected chi connectivity index (χ2v) is 11.3. The molecule has 9 nitrogen and oxygen atoms in total. The molecule has 0 fully saturated rings. The van der Waals surface area contributed by atoms with Crippen LogP contribution in [0.15, 0.2) is 71.6 Å². The van der Waals surface area contributed by atoms with E-state index in [9.17, 15) is 18.0 Å². The normalized spacial score (nSPS) is 11.8. The van der Waals surface area contributed by atoms with E-state index < -0.39 is 34.4 Å². The Kier molecular flexibility index (Phi) is 10.7. The molecule has 3 aromatic rings. The number of ether oxygens (including phenoxy) is 2. The lowest BCUT2D eigenvalue weighted by molar-refractivity contribution is -0.139. The molecule has 12 heteroatoms. The summed E-state index contributed by atoms with van der Waals surface area (Å²) in [5.74, 6) is -0.535. The zero-order valence-corrected chi connectivity index (χ0v) is 24.9. The van der Waals surface area contributed by atoms with E-state index >= 15 is 0 Å². The first kappa shape index (κ1) is 31.1. The van der Waals surface area contributed by atoms with Crippen LogP contribution in [0.2, 0.25) is 10.0 Å². The van der Waals surface area contributed by atoms with Crippen molar-refractivity contribution in [3.63, 3.8) is 0 Å². The maximum Gasteiger partial charge on any atom is 0.264 e. The first-order chi connectivity index (χ1) is 19.0. The van der Waals surface area contributed by atoms with Gasteiger partial charge in [-0.3, -0.25) is 13.9 Å². The zero-order valence-electron chi connectivity index (χ0n) is 22.6. The van der Waals surface area contributed by atoms with Gasteiger partial charge in [-0.2, -0.15) is 0 Å². The molecule has 214 valence electrons. The summed E-state index contributed by atoms with van der Waals surface area (Å²) in [4.78, 5) is 28.1. The largest absolute Gasteiger partial charge is 0.497 e. The van der Waals surface area contributed by atoms with E-state index in [2.05, 4.69) is 5.32 Å². The van der Waals surface area contributed by atoms with Crippen LogP contribution >= 0.6 is 23.2 Å². The van der Waals surface area contributed by atoms with E-state index in [-0.39, 0.29) is 22.9 Å². The Labute approximate surface area is 244 Å². The molecule has 0 spiro atoms. The van der Waals surface area contributed by atoms with Crippen molar-refractivity contribution in [3.8, 4) is 11.5 Å². The number of anilines is 1. The molecule has 0 bridgehead atoms. The summed E-state index contributed by atoms with van der Waals surface area (Å²) in [6, 6.07) is 16.3. The molecule has 0 saturated heterocycles. The Bertz CT molecular complexity index is 1430. The number of hydrogen-bond donors (Lipinski definition) is 1. The predicted molar refractivity (Wildman–Crippen MR) is 156 cm³/mol. The minimum atomic E-state index is -4.29. The second-order valence-electron chi connectivity index (χ2n) is 8.65. The summed E-state index contributed by atoms with van der Waals surface area (Å²) in [5.41, 5.74) is 0.507. The summed E-state index contributed by atoms with van der Waals surface area (Å²) >= 11 is 12.8. The van der Waals surface area contributed by atoms with Gasteiger partial charge in [0.2, 0.25) is 11.8 Å². The van der Waals surface area contributed by atoms with Crippen molar-refractivity contribution in [2.45, 2.75) is 31.3 Å². The fourth-order valence-electron chi connectivity index (χ4n) is 3.98. The van der Waals surface area contributed by atoms with Gasteiger partial charge in [0.1, 0.15) is 24.1 Å². The van der Waals surface area contributed by atoms with Crippen LogP contribution in [0.3, 0.4) is 0 Å². The smallest absolute Gasteiger partial charge is 0.264 e. The maximum atomic E-state index is 14.0. The molecular formula is C28H31Cl2N3O6S. The van der Waals surface area contributed by atoms with Crippen molar-refractivity contribution in [2.24, 2.45) is 0 Å². The zero-order chi connectivity index (χ0) is 29.4. The first-order valence-corrected chi connectivity index (χ1v) is 14.5. The van der Waals surface area contributed by atoms with Crippen molar-refractivity contribution < 1.29 is 27.5 Å². The van der Waals surface area contributed by atoms with Gasteiger partial charge in [-0.15, -0.1) is 0 Å². The topological polar surface area (TPSA) is 105 Å². The lowest BCUT2D eigenvalue weighted by Crippen LogP contribution is -2.51. The Morgan fingerprint density at radius 1 is 0.950 bits per heavy atom. The maximum absolute atomic E-state index is 14.0. The third kappa shape index (κ3) is 6.99. The van der Waals surface area contributed by atoms with E-state index in [1.165, 1.54) is 37.3 Å². The van der Waals surface area contributed by atoms with Crippen LogP contribution < -0.4 is 19.1 Å². The Morgan fingerprint density at radius 2 is 1.60 bits per heavy atom. The standard InChI is InChI=1S/C28H31Cl2N3O6S/c1-5-31-28(35)19(2)32(17-22-23(29)12-9-13-24(22)30)27(34)18-33(40(36,37)21-10-7-6-8-11-21)25-16-20(38-3)14-15-26(25)39-4/h6-16,19H,5,17-18H2,1-4H3,(H,31,35)/t19-/m1/s1. The van der Waals surface area contributed by atoms with Gasteiger partial charge in [-0.05, 0) is 50.2 Å². The third-order valence-electron chi connectivity index (χ3n) is 6.17. The number of hydrogen-bond acceptors (Lipinski definition) is 6. The molecule has 0 aromatic heterocycles. The molecule has 0 aliphatic carbocycles. The van der Waals surface area contributed by atoms with Crippen LogP contribution in [0.4, 0.5) is 5.69 Å². The number of nitrogens with zero attached hydrogens (tertiary/aromatic N) is 2. The second kappa shape index (κ2) is 13.7. The van der Waals surface area contributed by atoms with Crippen LogP contribution in [0.25, 0.3) is 0 Å². The number of amides is 2. The van der Waals surface area contributed by atoms with Gasteiger partial charge in [0.25, 0.3) is 10.0 Å². The SMILES string of the molecule is CCNC(=O)[C@@H](C)N(Cc1c(Cl)cccc1Cl)C(=O)CN(c1cc(OC)ccc1OC)S(=O)(=O)c1ccccc1. The lowest BCUT2D eigenvalue weighted by atomic mass is 10.1. The lowest BCUT2D eigenvalue weighted by Gasteiger charge is -2.32. The van der Waals surface area contributed by atoms with Gasteiger partial charge in [0.05, 0.1) is 24.8 Å². The van der Waals surface area contributed by atoms with E-state index in [1.54, 1.807) is 62.4 Å². The highest BCUT2D eigenvalue weighted by atomic mass is 35.5. The molecule has 2 amide bonds. The minimum absolute atomic E-state index is 0.0369. The Morgan fingerprint density at radius 3 is 2.17 bits per heavy atom. The third-order valence-corrected chi connectivity index (χ3v) is 8.66. The average Bonchev–Trinajstić information content (AvgIpc) is 2.95. The number of methoxy groups -OCH3 is 2. The summed E-state index contributed by atoms with van der Waals surface area (Å²) in [6.45, 7) is 2.85. The van der Waals surface area contributed by atoms with Crippen molar-refractivity contribution >= 4 is 50.7 Å². The molecule has 0 unspecified atom stereocenters. The average molecular weight is 609 g/mol. The fourth-order valence-corrected chi connectivity index (χ4v) is 5.94. The van der Waals surface area contributed by atoms with Crippen molar-refractivity contribution in [3.05, 3.63) is 82.3 Å². The number of rotatable bonds is 12. The Balaban J connectivity index is 2.15. The molecule has 3 rings (SSSR count). The van der Waals surface area contributed by atoms with Gasteiger partial charge in [-0.1, -0.05) is 47.5 Å². The van der Waals surface area contributed by atoms with E-state index in [0.29, 0.717) is 27.9 Å². The molecule has 1 N–H and O–H groups in total. The monoisotopic (exact) mass is 607 g/mol. The number of likely N-dealkylation sites (N-methyl/N-ethyl adjacent to an activating group) is 1. The number of carbonyl (C=O) groups excluding carboxylic acids is 2. The first-order valence-electron chi connectivity index (χ1n) is 12.3. The highest BCUT2D eigenvalue weighted by Gasteiger charge is 2.34. The summed E-state index contributed by atoms with van der Waals surface area (Å²) in [6.07, 6.45) is 0. The molecule has 0 radical (unpaired) electrons. The molecule has 1 atom stereocenters. The van der Waals surface area contributed by atoms with Crippen LogP contribution in [0, 0.1) is 0 Å². The predicted octanol–water partition coefficient (Wildman–Crippen LogP) is 4.76. The number of benzene rings is 3. The number of halogens is 2. The van der Waals surface area contributed by atoms with Crippen LogP contribution in [0.5, 0.6) is 11.5 Å². The molecule has 0 heterocycles. The summed E-state index contributed by atoms with van der Waals surface area (Å²) in [5, 5.41) is 3.31. The number of carbonyl (C=O) groups is 2. The molecule has 0 aliphatic rings. The van der Waals surface area contributed by atoms with Crippen LogP contribution in [0.1, 0.15) is 19.4 Å². The van der Waals surface area contributed by atoms with Crippen molar-refractivity contribution in [1.82, 2.24) is 10.2 Å². The summed E-state index contributed by atoms with van der Waals surface area (Å²) in [7, 11) is -1.46. The number of nitrogens with one attached hydrogen (secondary N) is 1. The molecule has 40 heavy (non-hydrogen) atoms. The molecule has 0 aliphatic heterocycles. The number of sulfonamides is 1.